The Morgan fingerprint density at radius 2 is 1.75 bits per heavy atom. The predicted molar refractivity (Wildman–Crippen MR) is 66.7 cm³/mol. The first-order valence-electron chi connectivity index (χ1n) is 5.16. The van der Waals surface area contributed by atoms with Gasteiger partial charge in [0.1, 0.15) is 0 Å². The minimum absolute atomic E-state index is 0.499. The van der Waals surface area contributed by atoms with Crippen LogP contribution in [0, 0.1) is 0 Å². The molecule has 0 spiro atoms. The SMILES string of the molecule is CC[C@H]([C@@H](N)c1ccc(N)cc1)S(C)(=O)=O. The molecule has 0 aliphatic rings. The van der Waals surface area contributed by atoms with E-state index >= 15 is 0 Å². The molecule has 1 aromatic carbocycles. The van der Waals surface area contributed by atoms with Crippen molar-refractivity contribution in [2.45, 2.75) is 24.6 Å². The van der Waals surface area contributed by atoms with Crippen LogP contribution in [-0.2, 0) is 9.84 Å². The van der Waals surface area contributed by atoms with Crippen LogP contribution in [0.2, 0.25) is 0 Å². The summed E-state index contributed by atoms with van der Waals surface area (Å²) in [4.78, 5) is 0. The summed E-state index contributed by atoms with van der Waals surface area (Å²) in [5.74, 6) is 0. The molecule has 0 aromatic heterocycles. The third-order valence-corrected chi connectivity index (χ3v) is 4.40. The van der Waals surface area contributed by atoms with Crippen LogP contribution in [0.15, 0.2) is 24.3 Å². The van der Waals surface area contributed by atoms with Crippen molar-refractivity contribution in [1.29, 1.82) is 0 Å². The highest BCUT2D eigenvalue weighted by Crippen LogP contribution is 2.22. The molecule has 0 unspecified atom stereocenters. The Morgan fingerprint density at radius 1 is 1.25 bits per heavy atom. The van der Waals surface area contributed by atoms with E-state index in [1.807, 2.05) is 6.92 Å². The zero-order valence-electron chi connectivity index (χ0n) is 9.55. The lowest BCUT2D eigenvalue weighted by molar-refractivity contribution is 0.553. The molecule has 5 heteroatoms. The van der Waals surface area contributed by atoms with Gasteiger partial charge in [-0.05, 0) is 24.1 Å². The molecule has 0 aliphatic carbocycles. The van der Waals surface area contributed by atoms with E-state index in [1.54, 1.807) is 24.3 Å². The molecule has 0 saturated heterocycles. The van der Waals surface area contributed by atoms with Crippen molar-refractivity contribution in [2.75, 3.05) is 12.0 Å². The summed E-state index contributed by atoms with van der Waals surface area (Å²) in [5.41, 5.74) is 13.0. The molecular formula is C11H18N2O2S. The van der Waals surface area contributed by atoms with E-state index in [0.29, 0.717) is 12.1 Å². The van der Waals surface area contributed by atoms with Gasteiger partial charge in [0.15, 0.2) is 9.84 Å². The maximum Gasteiger partial charge on any atom is 0.152 e. The van der Waals surface area contributed by atoms with Gasteiger partial charge in [-0.2, -0.15) is 0 Å². The Balaban J connectivity index is 3.00. The van der Waals surface area contributed by atoms with Gasteiger partial charge in [0.2, 0.25) is 0 Å². The summed E-state index contributed by atoms with van der Waals surface area (Å²) in [7, 11) is -3.13. The summed E-state index contributed by atoms with van der Waals surface area (Å²) >= 11 is 0. The van der Waals surface area contributed by atoms with Crippen LogP contribution in [0.3, 0.4) is 0 Å². The average molecular weight is 242 g/mol. The Hall–Kier alpha value is -1.07. The first-order chi connectivity index (χ1) is 7.36. The minimum atomic E-state index is -3.13. The second kappa shape index (κ2) is 4.84. The molecule has 2 atom stereocenters. The van der Waals surface area contributed by atoms with E-state index in [2.05, 4.69) is 0 Å². The number of nitrogens with two attached hydrogens (primary N) is 2. The molecule has 90 valence electrons. The van der Waals surface area contributed by atoms with Crippen molar-refractivity contribution in [2.24, 2.45) is 5.73 Å². The molecule has 0 radical (unpaired) electrons. The zero-order valence-corrected chi connectivity index (χ0v) is 10.4. The van der Waals surface area contributed by atoms with Gasteiger partial charge in [-0.3, -0.25) is 0 Å². The van der Waals surface area contributed by atoms with Crippen LogP contribution in [0.4, 0.5) is 5.69 Å². The normalized spacial score (nSPS) is 15.7. The van der Waals surface area contributed by atoms with Crippen LogP contribution >= 0.6 is 0 Å². The van der Waals surface area contributed by atoms with Gasteiger partial charge in [-0.25, -0.2) is 8.42 Å². The molecule has 1 aromatic rings. The number of hydrogen-bond acceptors (Lipinski definition) is 4. The number of benzene rings is 1. The lowest BCUT2D eigenvalue weighted by Crippen LogP contribution is -2.32. The molecule has 0 amide bonds. The molecular weight excluding hydrogens is 224 g/mol. The number of hydrogen-bond donors (Lipinski definition) is 2. The highest BCUT2D eigenvalue weighted by molar-refractivity contribution is 7.91. The minimum Gasteiger partial charge on any atom is -0.399 e. The highest BCUT2D eigenvalue weighted by Gasteiger charge is 2.26. The second-order valence-electron chi connectivity index (χ2n) is 3.97. The predicted octanol–water partition coefficient (Wildman–Crippen LogP) is 1.09. The fourth-order valence-electron chi connectivity index (χ4n) is 1.76. The first-order valence-corrected chi connectivity index (χ1v) is 7.11. The molecule has 0 aliphatic heterocycles. The standard InChI is InChI=1S/C11H18N2O2S/c1-3-10(16(2,14)15)11(13)8-4-6-9(12)7-5-8/h4-7,10-11H,3,12-13H2,1-2H3/t10-,11+/m1/s1. The van der Waals surface area contributed by atoms with Crippen molar-refractivity contribution in [3.63, 3.8) is 0 Å². The topological polar surface area (TPSA) is 86.2 Å². The van der Waals surface area contributed by atoms with Gasteiger partial charge in [-0.15, -0.1) is 0 Å². The van der Waals surface area contributed by atoms with E-state index in [-0.39, 0.29) is 0 Å². The number of rotatable bonds is 4. The Kier molecular flexibility index (Phi) is 3.93. The largest absolute Gasteiger partial charge is 0.399 e. The summed E-state index contributed by atoms with van der Waals surface area (Å²) in [6, 6.07) is 6.50. The Labute approximate surface area is 96.6 Å². The van der Waals surface area contributed by atoms with Gasteiger partial charge < -0.3 is 11.5 Å². The van der Waals surface area contributed by atoms with Gasteiger partial charge in [0, 0.05) is 18.0 Å². The van der Waals surface area contributed by atoms with E-state index in [0.717, 1.165) is 5.56 Å². The second-order valence-corrected chi connectivity index (χ2v) is 6.23. The van der Waals surface area contributed by atoms with Crippen molar-refractivity contribution in [3.05, 3.63) is 29.8 Å². The highest BCUT2D eigenvalue weighted by atomic mass is 32.2. The maximum absolute atomic E-state index is 11.5. The van der Waals surface area contributed by atoms with Crippen molar-refractivity contribution >= 4 is 15.5 Å². The third-order valence-electron chi connectivity index (χ3n) is 2.67. The average Bonchev–Trinajstić information content (AvgIpc) is 2.17. The van der Waals surface area contributed by atoms with Crippen molar-refractivity contribution in [3.8, 4) is 0 Å². The summed E-state index contributed by atoms with van der Waals surface area (Å²) in [5, 5.41) is -0.545. The Morgan fingerprint density at radius 3 is 2.12 bits per heavy atom. The fraction of sp³-hybridized carbons (Fsp3) is 0.455. The molecule has 0 fully saturated rings. The first kappa shape index (κ1) is 13.0. The van der Waals surface area contributed by atoms with E-state index < -0.39 is 21.1 Å². The molecule has 0 saturated carbocycles. The quantitative estimate of drug-likeness (QED) is 0.774. The van der Waals surface area contributed by atoms with E-state index in [1.165, 1.54) is 6.26 Å². The molecule has 0 heterocycles. The van der Waals surface area contributed by atoms with Crippen LogP contribution < -0.4 is 11.5 Å². The van der Waals surface area contributed by atoms with Crippen LogP contribution in [0.5, 0.6) is 0 Å². The van der Waals surface area contributed by atoms with Gasteiger partial charge >= 0.3 is 0 Å². The van der Waals surface area contributed by atoms with Crippen molar-refractivity contribution in [1.82, 2.24) is 0 Å². The van der Waals surface area contributed by atoms with Gasteiger partial charge in [0.25, 0.3) is 0 Å². The fourth-order valence-corrected chi connectivity index (χ4v) is 3.05. The molecule has 16 heavy (non-hydrogen) atoms. The number of nitrogen functional groups attached to an aromatic ring is 1. The van der Waals surface area contributed by atoms with E-state index in [4.69, 9.17) is 11.5 Å². The maximum atomic E-state index is 11.5. The smallest absolute Gasteiger partial charge is 0.152 e. The van der Waals surface area contributed by atoms with Crippen LogP contribution in [0.1, 0.15) is 24.9 Å². The van der Waals surface area contributed by atoms with Gasteiger partial charge in [0.05, 0.1) is 5.25 Å². The molecule has 1 rings (SSSR count). The lowest BCUT2D eigenvalue weighted by Gasteiger charge is -2.21. The summed E-state index contributed by atoms with van der Waals surface area (Å²) in [6.45, 7) is 1.82. The Bertz CT molecular complexity index is 440. The monoisotopic (exact) mass is 242 g/mol. The lowest BCUT2D eigenvalue weighted by atomic mass is 10.0. The van der Waals surface area contributed by atoms with Gasteiger partial charge in [-0.1, -0.05) is 19.1 Å². The third kappa shape index (κ3) is 2.96. The molecule has 4 nitrogen and oxygen atoms in total. The van der Waals surface area contributed by atoms with Crippen molar-refractivity contribution < 1.29 is 8.42 Å². The summed E-state index contributed by atoms with van der Waals surface area (Å²) in [6.07, 6.45) is 1.72. The number of anilines is 1. The number of sulfone groups is 1. The molecule has 0 bridgehead atoms. The van der Waals surface area contributed by atoms with Crippen LogP contribution in [-0.4, -0.2) is 19.9 Å². The molecule has 4 N–H and O–H groups in total. The summed E-state index contributed by atoms with van der Waals surface area (Å²) < 4.78 is 23.1. The van der Waals surface area contributed by atoms with Crippen LogP contribution in [0.25, 0.3) is 0 Å². The zero-order chi connectivity index (χ0) is 12.3. The van der Waals surface area contributed by atoms with E-state index in [9.17, 15) is 8.42 Å².